The summed E-state index contributed by atoms with van der Waals surface area (Å²) in [5.41, 5.74) is 4.00. The second-order valence-electron chi connectivity index (χ2n) is 7.77. The van der Waals surface area contributed by atoms with E-state index >= 15 is 0 Å². The maximum Gasteiger partial charge on any atom is 0.225 e. The van der Waals surface area contributed by atoms with E-state index in [4.69, 9.17) is 0 Å². The number of anilines is 1. The predicted octanol–water partition coefficient (Wildman–Crippen LogP) is 4.12. The van der Waals surface area contributed by atoms with Crippen LogP contribution >= 0.6 is 0 Å². The Kier molecular flexibility index (Phi) is 6.02. The molecule has 30 heavy (non-hydrogen) atoms. The highest BCUT2D eigenvalue weighted by Crippen LogP contribution is 2.23. The molecule has 5 nitrogen and oxygen atoms in total. The van der Waals surface area contributed by atoms with Crippen LogP contribution in [0.25, 0.3) is 11.1 Å². The predicted molar refractivity (Wildman–Crippen MR) is 115 cm³/mol. The maximum atomic E-state index is 13.1. The largest absolute Gasteiger partial charge is 0.352 e. The number of hydrogen-bond donors (Lipinski definition) is 1. The number of aromatic nitrogens is 2. The molecule has 0 saturated carbocycles. The topological polar surface area (TPSA) is 58.1 Å². The number of piperidine rings is 1. The van der Waals surface area contributed by atoms with Crippen LogP contribution in [-0.4, -0.2) is 29.0 Å². The first-order valence-corrected chi connectivity index (χ1v) is 10.2. The highest BCUT2D eigenvalue weighted by atomic mass is 19.1. The van der Waals surface area contributed by atoms with Gasteiger partial charge in [0.25, 0.3) is 0 Å². The van der Waals surface area contributed by atoms with Crippen molar-refractivity contribution in [3.63, 3.8) is 0 Å². The van der Waals surface area contributed by atoms with Crippen LogP contribution in [0.5, 0.6) is 0 Å². The Hall–Kier alpha value is -3.28. The third kappa shape index (κ3) is 4.82. The van der Waals surface area contributed by atoms with Crippen molar-refractivity contribution in [3.8, 4) is 11.1 Å². The Morgan fingerprint density at radius 2 is 1.90 bits per heavy atom. The third-order valence-corrected chi connectivity index (χ3v) is 5.44. The van der Waals surface area contributed by atoms with Crippen LogP contribution in [0.15, 0.2) is 60.9 Å². The van der Waals surface area contributed by atoms with Gasteiger partial charge in [0.2, 0.25) is 11.9 Å². The van der Waals surface area contributed by atoms with Crippen LogP contribution < -0.4 is 10.2 Å². The van der Waals surface area contributed by atoms with Gasteiger partial charge in [0.05, 0.1) is 5.92 Å². The molecule has 1 atom stereocenters. The summed E-state index contributed by atoms with van der Waals surface area (Å²) in [7, 11) is 0. The second kappa shape index (κ2) is 9.03. The van der Waals surface area contributed by atoms with E-state index in [1.165, 1.54) is 17.7 Å². The minimum atomic E-state index is -0.267. The van der Waals surface area contributed by atoms with Crippen LogP contribution in [0.3, 0.4) is 0 Å². The Morgan fingerprint density at radius 1 is 1.13 bits per heavy atom. The summed E-state index contributed by atoms with van der Waals surface area (Å²) in [5.74, 6) is 0.349. The van der Waals surface area contributed by atoms with Crippen molar-refractivity contribution in [1.82, 2.24) is 15.3 Å². The summed E-state index contributed by atoms with van der Waals surface area (Å²) < 4.78 is 13.1. The number of amides is 1. The summed E-state index contributed by atoms with van der Waals surface area (Å²) in [6.07, 6.45) is 5.28. The van der Waals surface area contributed by atoms with Gasteiger partial charge in [0, 0.05) is 37.6 Å². The van der Waals surface area contributed by atoms with Gasteiger partial charge in [-0.05, 0) is 43.0 Å². The molecule has 0 spiro atoms. The molecule has 1 N–H and O–H groups in total. The van der Waals surface area contributed by atoms with E-state index in [0.29, 0.717) is 19.0 Å². The summed E-state index contributed by atoms with van der Waals surface area (Å²) in [4.78, 5) is 23.7. The zero-order valence-corrected chi connectivity index (χ0v) is 17.0. The number of aryl methyl sites for hydroxylation is 1. The zero-order valence-electron chi connectivity index (χ0n) is 17.0. The summed E-state index contributed by atoms with van der Waals surface area (Å²) in [6.45, 7) is 4.03. The molecule has 1 aliphatic heterocycles. The van der Waals surface area contributed by atoms with Crippen molar-refractivity contribution >= 4 is 11.9 Å². The smallest absolute Gasteiger partial charge is 0.225 e. The van der Waals surface area contributed by atoms with Crippen molar-refractivity contribution < 1.29 is 9.18 Å². The molecule has 0 unspecified atom stereocenters. The Bertz CT molecular complexity index is 1000. The van der Waals surface area contributed by atoms with Crippen molar-refractivity contribution in [2.75, 3.05) is 18.0 Å². The van der Waals surface area contributed by atoms with E-state index < -0.39 is 0 Å². The number of halogens is 1. The van der Waals surface area contributed by atoms with Gasteiger partial charge >= 0.3 is 0 Å². The molecule has 0 aliphatic carbocycles. The van der Waals surface area contributed by atoms with Crippen LogP contribution in [0.1, 0.15) is 24.0 Å². The lowest BCUT2D eigenvalue weighted by molar-refractivity contribution is -0.125. The summed E-state index contributed by atoms with van der Waals surface area (Å²) in [5, 5.41) is 3.07. The lowest BCUT2D eigenvalue weighted by Gasteiger charge is -2.32. The molecule has 3 aromatic rings. The molecule has 1 aromatic heterocycles. The molecule has 154 valence electrons. The third-order valence-electron chi connectivity index (χ3n) is 5.44. The Balaban J connectivity index is 1.37. The maximum absolute atomic E-state index is 13.1. The number of benzene rings is 2. The van der Waals surface area contributed by atoms with Gasteiger partial charge in [-0.1, -0.05) is 42.0 Å². The van der Waals surface area contributed by atoms with E-state index in [9.17, 15) is 9.18 Å². The number of nitrogens with one attached hydrogen (secondary N) is 1. The fourth-order valence-corrected chi connectivity index (χ4v) is 3.80. The van der Waals surface area contributed by atoms with Gasteiger partial charge in [0.1, 0.15) is 5.82 Å². The van der Waals surface area contributed by atoms with E-state index in [0.717, 1.165) is 36.1 Å². The standard InChI is InChI=1S/C24H25FN4O/c1-17-4-2-5-18(12-17)13-26-23(30)20-6-3-11-29(16-20)24-27-14-21(15-28-24)19-7-9-22(25)10-8-19/h2,4-5,7-10,12,14-15,20H,3,6,11,13,16H2,1H3,(H,26,30)/t20-/m0/s1. The van der Waals surface area contributed by atoms with Crippen LogP contribution in [-0.2, 0) is 11.3 Å². The van der Waals surface area contributed by atoms with Crippen LogP contribution in [0.4, 0.5) is 10.3 Å². The molecule has 4 rings (SSSR count). The Labute approximate surface area is 176 Å². The van der Waals surface area contributed by atoms with E-state index in [1.807, 2.05) is 25.1 Å². The lowest BCUT2D eigenvalue weighted by atomic mass is 9.97. The van der Waals surface area contributed by atoms with Crippen molar-refractivity contribution in [2.45, 2.75) is 26.3 Å². The minimum Gasteiger partial charge on any atom is -0.352 e. The van der Waals surface area contributed by atoms with Gasteiger partial charge in [-0.25, -0.2) is 14.4 Å². The van der Waals surface area contributed by atoms with Gasteiger partial charge in [-0.3, -0.25) is 4.79 Å². The second-order valence-corrected chi connectivity index (χ2v) is 7.77. The number of rotatable bonds is 5. The number of hydrogen-bond acceptors (Lipinski definition) is 4. The zero-order chi connectivity index (χ0) is 20.9. The molecule has 1 fully saturated rings. The highest BCUT2D eigenvalue weighted by molar-refractivity contribution is 5.79. The van der Waals surface area contributed by atoms with Crippen molar-refractivity contribution in [3.05, 3.63) is 77.9 Å². The normalized spacial score (nSPS) is 16.3. The Morgan fingerprint density at radius 3 is 2.63 bits per heavy atom. The van der Waals surface area contributed by atoms with Gasteiger partial charge in [0.15, 0.2) is 0 Å². The van der Waals surface area contributed by atoms with Crippen molar-refractivity contribution in [1.29, 1.82) is 0 Å². The molecular formula is C24H25FN4O. The molecule has 6 heteroatoms. The quantitative estimate of drug-likeness (QED) is 0.695. The number of carbonyl (C=O) groups excluding carboxylic acids is 1. The highest BCUT2D eigenvalue weighted by Gasteiger charge is 2.27. The molecule has 1 amide bonds. The average Bonchev–Trinajstić information content (AvgIpc) is 2.78. The van der Waals surface area contributed by atoms with Crippen LogP contribution in [0.2, 0.25) is 0 Å². The lowest BCUT2D eigenvalue weighted by Crippen LogP contribution is -2.43. The number of nitrogens with zero attached hydrogens (tertiary/aromatic N) is 3. The molecule has 0 bridgehead atoms. The fraction of sp³-hybridized carbons (Fsp3) is 0.292. The van der Waals surface area contributed by atoms with Gasteiger partial charge < -0.3 is 10.2 Å². The first-order chi connectivity index (χ1) is 14.6. The summed E-state index contributed by atoms with van der Waals surface area (Å²) >= 11 is 0. The van der Waals surface area contributed by atoms with E-state index in [2.05, 4.69) is 26.3 Å². The molecule has 1 aliphatic rings. The monoisotopic (exact) mass is 404 g/mol. The van der Waals surface area contributed by atoms with E-state index in [-0.39, 0.29) is 17.6 Å². The molecule has 2 aromatic carbocycles. The van der Waals surface area contributed by atoms with Crippen LogP contribution in [0, 0.1) is 18.7 Å². The fourth-order valence-electron chi connectivity index (χ4n) is 3.80. The first-order valence-electron chi connectivity index (χ1n) is 10.2. The van der Waals surface area contributed by atoms with E-state index in [1.54, 1.807) is 24.5 Å². The van der Waals surface area contributed by atoms with Gasteiger partial charge in [-0.15, -0.1) is 0 Å². The minimum absolute atomic E-state index is 0.0733. The van der Waals surface area contributed by atoms with Crippen molar-refractivity contribution in [2.24, 2.45) is 5.92 Å². The molecular weight excluding hydrogens is 379 g/mol. The average molecular weight is 404 g/mol. The molecule has 2 heterocycles. The molecule has 0 radical (unpaired) electrons. The first kappa shape index (κ1) is 20.0. The molecule has 1 saturated heterocycles. The van der Waals surface area contributed by atoms with Gasteiger partial charge in [-0.2, -0.15) is 0 Å². The summed E-state index contributed by atoms with van der Waals surface area (Å²) in [6, 6.07) is 14.4. The SMILES string of the molecule is Cc1cccc(CNC(=O)[C@H]2CCCN(c3ncc(-c4ccc(F)cc4)cn3)C2)c1. The number of carbonyl (C=O) groups is 1.